The van der Waals surface area contributed by atoms with Crippen LogP contribution in [0.15, 0.2) is 18.3 Å². The topological polar surface area (TPSA) is 77.2 Å². The third-order valence-electron chi connectivity index (χ3n) is 3.35. The van der Waals surface area contributed by atoms with E-state index in [2.05, 4.69) is 9.88 Å². The van der Waals surface area contributed by atoms with Gasteiger partial charge in [0.1, 0.15) is 11.8 Å². The van der Waals surface area contributed by atoms with E-state index in [9.17, 15) is 4.79 Å². The molecule has 0 aliphatic carbocycles. The maximum atomic E-state index is 11.0. The van der Waals surface area contributed by atoms with Crippen molar-refractivity contribution < 1.29 is 9.90 Å². The molecule has 1 N–H and O–H groups in total. The second-order valence-corrected chi connectivity index (χ2v) is 4.78. The first-order valence-corrected chi connectivity index (χ1v) is 5.90. The smallest absolute Gasteiger partial charge is 0.308 e. The van der Waals surface area contributed by atoms with Crippen molar-refractivity contribution in [2.24, 2.45) is 11.8 Å². The molecule has 0 radical (unpaired) electrons. The highest BCUT2D eigenvalue weighted by Crippen LogP contribution is 2.24. The molecule has 2 heterocycles. The molecule has 1 saturated heterocycles. The number of aromatic nitrogens is 1. The van der Waals surface area contributed by atoms with Gasteiger partial charge in [0.25, 0.3) is 0 Å². The Morgan fingerprint density at radius 1 is 1.67 bits per heavy atom. The average Bonchev–Trinajstić information content (AvgIpc) is 2.70. The van der Waals surface area contributed by atoms with E-state index in [1.54, 1.807) is 12.3 Å². The van der Waals surface area contributed by atoms with E-state index in [0.717, 1.165) is 12.1 Å². The number of carboxylic acids is 1. The summed E-state index contributed by atoms with van der Waals surface area (Å²) in [6.45, 7) is 3.99. The van der Waals surface area contributed by atoms with Crippen LogP contribution in [0.4, 0.5) is 0 Å². The lowest BCUT2D eigenvalue weighted by Crippen LogP contribution is -2.23. The van der Waals surface area contributed by atoms with Gasteiger partial charge in [0.15, 0.2) is 0 Å². The first kappa shape index (κ1) is 12.5. The molecule has 0 spiro atoms. The largest absolute Gasteiger partial charge is 0.481 e. The van der Waals surface area contributed by atoms with E-state index < -0.39 is 5.97 Å². The second-order valence-electron chi connectivity index (χ2n) is 4.78. The predicted molar refractivity (Wildman–Crippen MR) is 64.5 cm³/mol. The number of pyridine rings is 1. The number of likely N-dealkylation sites (tertiary alicyclic amines) is 1. The summed E-state index contributed by atoms with van der Waals surface area (Å²) < 4.78 is 0. The molecular formula is C13H15N3O2. The van der Waals surface area contributed by atoms with Crippen LogP contribution in [0.25, 0.3) is 0 Å². The van der Waals surface area contributed by atoms with Crippen molar-refractivity contribution in [3.8, 4) is 6.07 Å². The average molecular weight is 245 g/mol. The van der Waals surface area contributed by atoms with Crippen LogP contribution in [0.1, 0.15) is 18.2 Å². The Labute approximate surface area is 106 Å². The lowest BCUT2D eigenvalue weighted by Gasteiger charge is -2.15. The SMILES string of the molecule is C[C@@H]1CN(Cc2ccnc(C#N)c2)C[C@H]1C(=O)O. The summed E-state index contributed by atoms with van der Waals surface area (Å²) in [7, 11) is 0. The van der Waals surface area contributed by atoms with Crippen LogP contribution in [0.2, 0.25) is 0 Å². The normalized spacial score (nSPS) is 23.8. The van der Waals surface area contributed by atoms with Gasteiger partial charge in [0.05, 0.1) is 5.92 Å². The molecular weight excluding hydrogens is 230 g/mol. The first-order valence-electron chi connectivity index (χ1n) is 5.90. The van der Waals surface area contributed by atoms with Crippen LogP contribution in [0, 0.1) is 23.2 Å². The number of rotatable bonds is 3. The van der Waals surface area contributed by atoms with Gasteiger partial charge < -0.3 is 5.11 Å². The fourth-order valence-electron chi connectivity index (χ4n) is 2.41. The van der Waals surface area contributed by atoms with Gasteiger partial charge in [0.2, 0.25) is 0 Å². The lowest BCUT2D eigenvalue weighted by molar-refractivity contribution is -0.142. The summed E-state index contributed by atoms with van der Waals surface area (Å²) in [6, 6.07) is 5.61. The van der Waals surface area contributed by atoms with E-state index in [1.807, 2.05) is 19.1 Å². The van der Waals surface area contributed by atoms with Crippen LogP contribution in [0.5, 0.6) is 0 Å². The number of nitrogens with zero attached hydrogens (tertiary/aromatic N) is 3. The maximum Gasteiger partial charge on any atom is 0.308 e. The molecule has 1 aliphatic heterocycles. The molecule has 0 unspecified atom stereocenters. The molecule has 0 aromatic carbocycles. The summed E-state index contributed by atoms with van der Waals surface area (Å²) in [6.07, 6.45) is 1.61. The fourth-order valence-corrected chi connectivity index (χ4v) is 2.41. The highest BCUT2D eigenvalue weighted by atomic mass is 16.4. The van der Waals surface area contributed by atoms with Gasteiger partial charge in [0, 0.05) is 25.8 Å². The van der Waals surface area contributed by atoms with Crippen molar-refractivity contribution >= 4 is 5.97 Å². The summed E-state index contributed by atoms with van der Waals surface area (Å²) in [5, 5.41) is 17.8. The summed E-state index contributed by atoms with van der Waals surface area (Å²) in [5.74, 6) is -0.848. The molecule has 1 aromatic rings. The van der Waals surface area contributed by atoms with Crippen molar-refractivity contribution in [3.63, 3.8) is 0 Å². The molecule has 1 aliphatic rings. The molecule has 0 saturated carbocycles. The summed E-state index contributed by atoms with van der Waals surface area (Å²) in [5.41, 5.74) is 1.40. The molecule has 2 atom stereocenters. The van der Waals surface area contributed by atoms with Gasteiger partial charge in [-0.05, 0) is 23.6 Å². The van der Waals surface area contributed by atoms with Gasteiger partial charge >= 0.3 is 5.97 Å². The Morgan fingerprint density at radius 2 is 2.44 bits per heavy atom. The van der Waals surface area contributed by atoms with Crippen LogP contribution in [-0.4, -0.2) is 34.0 Å². The number of carboxylic acid groups (broad SMARTS) is 1. The van der Waals surface area contributed by atoms with Crippen LogP contribution in [0.3, 0.4) is 0 Å². The van der Waals surface area contributed by atoms with Crippen molar-refractivity contribution in [1.82, 2.24) is 9.88 Å². The van der Waals surface area contributed by atoms with E-state index >= 15 is 0 Å². The number of hydrogen-bond donors (Lipinski definition) is 1. The van der Waals surface area contributed by atoms with E-state index in [1.165, 1.54) is 0 Å². The molecule has 18 heavy (non-hydrogen) atoms. The van der Waals surface area contributed by atoms with Crippen molar-refractivity contribution in [1.29, 1.82) is 5.26 Å². The van der Waals surface area contributed by atoms with E-state index in [4.69, 9.17) is 10.4 Å². The Balaban J connectivity index is 2.03. The van der Waals surface area contributed by atoms with Crippen LogP contribution in [-0.2, 0) is 11.3 Å². The van der Waals surface area contributed by atoms with Crippen molar-refractivity contribution in [2.75, 3.05) is 13.1 Å². The van der Waals surface area contributed by atoms with Gasteiger partial charge in [-0.1, -0.05) is 6.92 Å². The van der Waals surface area contributed by atoms with Gasteiger partial charge in [-0.25, -0.2) is 4.98 Å². The third kappa shape index (κ3) is 2.66. The zero-order valence-electron chi connectivity index (χ0n) is 10.2. The first-order chi connectivity index (χ1) is 8.60. The van der Waals surface area contributed by atoms with Crippen molar-refractivity contribution in [2.45, 2.75) is 13.5 Å². The minimum atomic E-state index is -0.725. The van der Waals surface area contributed by atoms with E-state index in [0.29, 0.717) is 18.8 Å². The Morgan fingerprint density at radius 3 is 3.06 bits per heavy atom. The van der Waals surface area contributed by atoms with Crippen molar-refractivity contribution in [3.05, 3.63) is 29.6 Å². The molecule has 5 nitrogen and oxygen atoms in total. The van der Waals surface area contributed by atoms with Gasteiger partial charge in [-0.3, -0.25) is 9.69 Å². The summed E-state index contributed by atoms with van der Waals surface area (Å²) >= 11 is 0. The molecule has 0 bridgehead atoms. The number of hydrogen-bond acceptors (Lipinski definition) is 4. The Bertz CT molecular complexity index is 495. The van der Waals surface area contributed by atoms with Gasteiger partial charge in [-0.2, -0.15) is 5.26 Å². The zero-order chi connectivity index (χ0) is 13.1. The van der Waals surface area contributed by atoms with Gasteiger partial charge in [-0.15, -0.1) is 0 Å². The maximum absolute atomic E-state index is 11.0. The number of nitriles is 1. The number of carbonyl (C=O) groups is 1. The number of aliphatic carboxylic acids is 1. The Kier molecular flexibility index (Phi) is 3.58. The van der Waals surface area contributed by atoms with Crippen LogP contribution >= 0.6 is 0 Å². The molecule has 1 aromatic heterocycles. The standard InChI is InChI=1S/C13H15N3O2/c1-9-6-16(8-12(9)13(17)18)7-10-2-3-15-11(4-10)5-14/h2-4,9,12H,6-8H2,1H3,(H,17,18)/t9-,12-/m1/s1. The minimum Gasteiger partial charge on any atom is -0.481 e. The highest BCUT2D eigenvalue weighted by molar-refractivity contribution is 5.71. The molecule has 2 rings (SSSR count). The quantitative estimate of drug-likeness (QED) is 0.863. The fraction of sp³-hybridized carbons (Fsp3) is 0.462. The Hall–Kier alpha value is -1.93. The lowest BCUT2D eigenvalue weighted by atomic mass is 9.99. The minimum absolute atomic E-state index is 0.166. The molecule has 94 valence electrons. The monoisotopic (exact) mass is 245 g/mol. The summed E-state index contributed by atoms with van der Waals surface area (Å²) in [4.78, 5) is 17.1. The zero-order valence-corrected chi connectivity index (χ0v) is 10.2. The third-order valence-corrected chi connectivity index (χ3v) is 3.35. The predicted octanol–water partition coefficient (Wildman–Crippen LogP) is 1.11. The highest BCUT2D eigenvalue weighted by Gasteiger charge is 2.34. The molecule has 1 fully saturated rings. The molecule has 0 amide bonds. The van der Waals surface area contributed by atoms with E-state index in [-0.39, 0.29) is 11.8 Å². The second kappa shape index (κ2) is 5.15. The molecule has 5 heteroatoms. The van der Waals surface area contributed by atoms with Crippen LogP contribution < -0.4 is 0 Å².